The van der Waals surface area contributed by atoms with Crippen molar-refractivity contribution in [2.24, 2.45) is 5.41 Å². The molecule has 0 saturated carbocycles. The van der Waals surface area contributed by atoms with Gasteiger partial charge in [0.2, 0.25) is 0 Å². The van der Waals surface area contributed by atoms with Crippen molar-refractivity contribution >= 4 is 35.1 Å². The van der Waals surface area contributed by atoms with E-state index in [1.165, 1.54) is 18.2 Å². The highest BCUT2D eigenvalue weighted by atomic mass is 35.5. The fourth-order valence-corrected chi connectivity index (χ4v) is 1.94. The molecule has 6 heteroatoms. The van der Waals surface area contributed by atoms with Gasteiger partial charge in [0.15, 0.2) is 0 Å². The molecule has 0 fully saturated rings. The van der Waals surface area contributed by atoms with E-state index in [1.807, 2.05) is 0 Å². The van der Waals surface area contributed by atoms with Gasteiger partial charge in [-0.15, -0.1) is 0 Å². The van der Waals surface area contributed by atoms with Gasteiger partial charge in [-0.25, -0.2) is 0 Å². The molecule has 2 N–H and O–H groups in total. The van der Waals surface area contributed by atoms with Gasteiger partial charge in [-0.05, 0) is 31.5 Å². The van der Waals surface area contributed by atoms with Gasteiger partial charge in [0, 0.05) is 22.2 Å². The predicted octanol–water partition coefficient (Wildman–Crippen LogP) is 3.22. The quantitative estimate of drug-likeness (QED) is 0.877. The Morgan fingerprint density at radius 1 is 1.26 bits per heavy atom. The lowest BCUT2D eigenvalue weighted by Crippen LogP contribution is -2.40. The minimum atomic E-state index is -0.988. The minimum Gasteiger partial charge on any atom is -0.481 e. The molecule has 0 bridgehead atoms. The van der Waals surface area contributed by atoms with Crippen LogP contribution in [0.15, 0.2) is 18.2 Å². The molecule has 0 radical (unpaired) electrons. The van der Waals surface area contributed by atoms with Gasteiger partial charge in [-0.1, -0.05) is 30.1 Å². The Kier molecular flexibility index (Phi) is 5.20. The molecule has 1 amide bonds. The molecular formula is C13H15Cl2NO3. The molecule has 0 aliphatic carbocycles. The van der Waals surface area contributed by atoms with Crippen molar-refractivity contribution in [3.8, 4) is 0 Å². The van der Waals surface area contributed by atoms with E-state index < -0.39 is 17.3 Å². The van der Waals surface area contributed by atoms with E-state index in [1.54, 1.807) is 13.8 Å². The van der Waals surface area contributed by atoms with Crippen LogP contribution < -0.4 is 5.32 Å². The summed E-state index contributed by atoms with van der Waals surface area (Å²) in [4.78, 5) is 23.0. The van der Waals surface area contributed by atoms with Crippen LogP contribution in [-0.4, -0.2) is 23.5 Å². The average molecular weight is 304 g/mol. The summed E-state index contributed by atoms with van der Waals surface area (Å²) in [6.07, 6.45) is 0.416. The summed E-state index contributed by atoms with van der Waals surface area (Å²) in [5.41, 5.74) is -0.681. The second kappa shape index (κ2) is 6.26. The third-order valence-electron chi connectivity index (χ3n) is 3.06. The summed E-state index contributed by atoms with van der Waals surface area (Å²) in [7, 11) is 0. The number of amides is 1. The lowest BCUT2D eigenvalue weighted by molar-refractivity contribution is -0.147. The number of carbonyl (C=O) groups is 2. The minimum absolute atomic E-state index is 0.0435. The Balaban J connectivity index is 2.78. The van der Waals surface area contributed by atoms with E-state index in [0.29, 0.717) is 22.0 Å². The van der Waals surface area contributed by atoms with Crippen LogP contribution in [0.25, 0.3) is 0 Å². The predicted molar refractivity (Wildman–Crippen MR) is 74.8 cm³/mol. The summed E-state index contributed by atoms with van der Waals surface area (Å²) < 4.78 is 0. The van der Waals surface area contributed by atoms with Gasteiger partial charge < -0.3 is 10.4 Å². The number of benzene rings is 1. The topological polar surface area (TPSA) is 66.4 Å². The number of hydrogen-bond acceptors (Lipinski definition) is 2. The number of rotatable bonds is 5. The Morgan fingerprint density at radius 3 is 2.21 bits per heavy atom. The Labute approximate surface area is 121 Å². The molecule has 0 heterocycles. The smallest absolute Gasteiger partial charge is 0.311 e. The Morgan fingerprint density at radius 2 is 1.79 bits per heavy atom. The Bertz CT molecular complexity index is 484. The number of hydrogen-bond donors (Lipinski definition) is 2. The second-order valence-electron chi connectivity index (χ2n) is 4.56. The molecular weight excluding hydrogens is 289 g/mol. The average Bonchev–Trinajstić information content (AvgIpc) is 2.34. The SMILES string of the molecule is CCC(C)(CNC(=O)c1cc(Cl)cc(Cl)c1)C(=O)O. The van der Waals surface area contributed by atoms with Gasteiger partial charge in [0.1, 0.15) is 0 Å². The van der Waals surface area contributed by atoms with E-state index in [4.69, 9.17) is 28.3 Å². The van der Waals surface area contributed by atoms with Crippen LogP contribution in [-0.2, 0) is 4.79 Å². The van der Waals surface area contributed by atoms with Crippen LogP contribution in [0.5, 0.6) is 0 Å². The molecule has 0 aromatic heterocycles. The monoisotopic (exact) mass is 303 g/mol. The first-order valence-corrected chi connectivity index (χ1v) is 6.52. The lowest BCUT2D eigenvalue weighted by atomic mass is 9.87. The van der Waals surface area contributed by atoms with E-state index in [9.17, 15) is 9.59 Å². The third kappa shape index (κ3) is 4.11. The van der Waals surface area contributed by atoms with Gasteiger partial charge in [-0.3, -0.25) is 9.59 Å². The highest BCUT2D eigenvalue weighted by molar-refractivity contribution is 6.35. The first-order valence-electron chi connectivity index (χ1n) is 5.76. The van der Waals surface area contributed by atoms with Gasteiger partial charge in [0.25, 0.3) is 5.91 Å². The summed E-state index contributed by atoms with van der Waals surface area (Å²) in [5, 5.41) is 12.4. The molecule has 0 spiro atoms. The summed E-state index contributed by atoms with van der Waals surface area (Å²) in [6.45, 7) is 3.39. The van der Waals surface area contributed by atoms with Gasteiger partial charge in [-0.2, -0.15) is 0 Å². The zero-order valence-corrected chi connectivity index (χ0v) is 12.2. The van der Waals surface area contributed by atoms with Crippen molar-refractivity contribution < 1.29 is 14.7 Å². The summed E-state index contributed by atoms with van der Waals surface area (Å²) in [5.74, 6) is -1.34. The standard InChI is InChI=1S/C13H15Cl2NO3/c1-3-13(2,12(18)19)7-16-11(17)8-4-9(14)6-10(15)5-8/h4-6H,3,7H2,1-2H3,(H,16,17)(H,18,19). The van der Waals surface area contributed by atoms with Gasteiger partial charge >= 0.3 is 5.97 Å². The Hall–Kier alpha value is -1.26. The molecule has 104 valence electrons. The van der Waals surface area contributed by atoms with Crippen LogP contribution in [0, 0.1) is 5.41 Å². The van der Waals surface area contributed by atoms with Crippen LogP contribution in [0.4, 0.5) is 0 Å². The number of aliphatic carboxylic acids is 1. The van der Waals surface area contributed by atoms with E-state index in [2.05, 4.69) is 5.32 Å². The van der Waals surface area contributed by atoms with Crippen molar-refractivity contribution in [1.29, 1.82) is 0 Å². The molecule has 1 atom stereocenters. The summed E-state index contributed by atoms with van der Waals surface area (Å²) in [6, 6.07) is 4.48. The maximum Gasteiger partial charge on any atom is 0.311 e. The number of halogens is 2. The molecule has 0 aliphatic heterocycles. The zero-order valence-electron chi connectivity index (χ0n) is 10.7. The molecule has 0 aliphatic rings. The largest absolute Gasteiger partial charge is 0.481 e. The molecule has 1 unspecified atom stereocenters. The van der Waals surface area contributed by atoms with E-state index >= 15 is 0 Å². The molecule has 0 saturated heterocycles. The fourth-order valence-electron chi connectivity index (χ4n) is 1.41. The highest BCUT2D eigenvalue weighted by Gasteiger charge is 2.31. The number of nitrogens with one attached hydrogen (secondary N) is 1. The van der Waals surface area contributed by atoms with Crippen LogP contribution in [0.3, 0.4) is 0 Å². The molecule has 19 heavy (non-hydrogen) atoms. The molecule has 4 nitrogen and oxygen atoms in total. The third-order valence-corrected chi connectivity index (χ3v) is 3.50. The zero-order chi connectivity index (χ0) is 14.6. The van der Waals surface area contributed by atoms with Crippen molar-refractivity contribution in [1.82, 2.24) is 5.32 Å². The maximum absolute atomic E-state index is 11.9. The highest BCUT2D eigenvalue weighted by Crippen LogP contribution is 2.21. The van der Waals surface area contributed by atoms with Crippen LogP contribution in [0.1, 0.15) is 30.6 Å². The molecule has 1 aromatic carbocycles. The van der Waals surface area contributed by atoms with Crippen molar-refractivity contribution in [2.75, 3.05) is 6.54 Å². The number of carbonyl (C=O) groups excluding carboxylic acids is 1. The normalized spacial score (nSPS) is 13.7. The molecule has 1 rings (SSSR count). The van der Waals surface area contributed by atoms with Crippen molar-refractivity contribution in [3.05, 3.63) is 33.8 Å². The first kappa shape index (κ1) is 15.8. The van der Waals surface area contributed by atoms with E-state index in [-0.39, 0.29) is 6.54 Å². The summed E-state index contributed by atoms with van der Waals surface area (Å²) >= 11 is 11.6. The van der Waals surface area contributed by atoms with Crippen LogP contribution in [0.2, 0.25) is 10.0 Å². The first-order chi connectivity index (χ1) is 8.78. The molecule has 1 aromatic rings. The van der Waals surface area contributed by atoms with E-state index in [0.717, 1.165) is 0 Å². The van der Waals surface area contributed by atoms with Crippen LogP contribution >= 0.6 is 23.2 Å². The lowest BCUT2D eigenvalue weighted by Gasteiger charge is -2.23. The van der Waals surface area contributed by atoms with Gasteiger partial charge in [0.05, 0.1) is 5.41 Å². The number of carboxylic acid groups (broad SMARTS) is 1. The van der Waals surface area contributed by atoms with Crippen molar-refractivity contribution in [3.63, 3.8) is 0 Å². The maximum atomic E-state index is 11.9. The fraction of sp³-hybridized carbons (Fsp3) is 0.385. The second-order valence-corrected chi connectivity index (χ2v) is 5.43. The van der Waals surface area contributed by atoms with Crippen molar-refractivity contribution in [2.45, 2.75) is 20.3 Å². The number of carboxylic acids is 1.